The minimum Gasteiger partial charge on any atom is -0.485 e. The highest BCUT2D eigenvalue weighted by atomic mass is 16.5. The highest BCUT2D eigenvalue weighted by Gasteiger charge is 2.13. The molecule has 0 radical (unpaired) electrons. The van der Waals surface area contributed by atoms with Gasteiger partial charge >= 0.3 is 5.97 Å². The van der Waals surface area contributed by atoms with Crippen LogP contribution >= 0.6 is 0 Å². The summed E-state index contributed by atoms with van der Waals surface area (Å²) in [6.45, 7) is 0.383. The van der Waals surface area contributed by atoms with Crippen LogP contribution in [0.25, 0.3) is 5.65 Å². The summed E-state index contributed by atoms with van der Waals surface area (Å²) in [6, 6.07) is 11.4. The van der Waals surface area contributed by atoms with Crippen molar-refractivity contribution in [2.75, 3.05) is 7.11 Å². The molecule has 0 aliphatic rings. The third kappa shape index (κ3) is 2.69. The van der Waals surface area contributed by atoms with Gasteiger partial charge in [0.2, 0.25) is 5.65 Å². The van der Waals surface area contributed by atoms with Crippen molar-refractivity contribution in [3.63, 3.8) is 0 Å². The molecule has 0 aliphatic heterocycles. The Balaban J connectivity index is 1.92. The van der Waals surface area contributed by atoms with Crippen LogP contribution in [0, 0.1) is 0 Å². The first-order chi connectivity index (χ1) is 10.3. The van der Waals surface area contributed by atoms with Crippen LogP contribution in [-0.2, 0) is 11.3 Å². The van der Waals surface area contributed by atoms with E-state index in [-0.39, 0.29) is 0 Å². The Morgan fingerprint density at radius 1 is 1.29 bits per heavy atom. The van der Waals surface area contributed by atoms with Gasteiger partial charge in [0.1, 0.15) is 12.9 Å². The van der Waals surface area contributed by atoms with E-state index in [0.29, 0.717) is 23.6 Å². The average Bonchev–Trinajstić information content (AvgIpc) is 3.01. The second-order valence-electron chi connectivity index (χ2n) is 4.42. The summed E-state index contributed by atoms with van der Waals surface area (Å²) in [5, 5.41) is 7.82. The summed E-state index contributed by atoms with van der Waals surface area (Å²) in [4.78, 5) is 11.7. The Bertz CT molecular complexity index is 768. The molecule has 0 N–H and O–H groups in total. The highest BCUT2D eigenvalue weighted by molar-refractivity contribution is 5.90. The van der Waals surface area contributed by atoms with Gasteiger partial charge < -0.3 is 9.47 Å². The number of ether oxygens (including phenoxy) is 2. The monoisotopic (exact) mass is 283 g/mol. The number of hydrogen-bond donors (Lipinski definition) is 0. The Morgan fingerprint density at radius 3 is 2.86 bits per heavy atom. The molecule has 21 heavy (non-hydrogen) atoms. The van der Waals surface area contributed by atoms with Crippen LogP contribution in [0.4, 0.5) is 0 Å². The van der Waals surface area contributed by atoms with Gasteiger partial charge in [-0.1, -0.05) is 30.3 Å². The van der Waals surface area contributed by atoms with E-state index in [0.717, 1.165) is 5.56 Å². The fourth-order valence-electron chi connectivity index (χ4n) is 1.98. The highest BCUT2D eigenvalue weighted by Crippen LogP contribution is 2.21. The first-order valence-electron chi connectivity index (χ1n) is 6.36. The van der Waals surface area contributed by atoms with Crippen molar-refractivity contribution in [3.05, 3.63) is 60.0 Å². The van der Waals surface area contributed by atoms with Gasteiger partial charge in [-0.25, -0.2) is 4.79 Å². The van der Waals surface area contributed by atoms with Crippen molar-refractivity contribution in [1.82, 2.24) is 14.6 Å². The van der Waals surface area contributed by atoms with Gasteiger partial charge in [0.15, 0.2) is 5.75 Å². The lowest BCUT2D eigenvalue weighted by Crippen LogP contribution is -2.05. The number of benzene rings is 1. The van der Waals surface area contributed by atoms with Crippen LogP contribution in [0.15, 0.2) is 48.9 Å². The number of hydrogen-bond acceptors (Lipinski definition) is 5. The Labute approximate surface area is 120 Å². The van der Waals surface area contributed by atoms with Gasteiger partial charge in [-0.15, -0.1) is 10.2 Å². The maximum atomic E-state index is 11.7. The summed E-state index contributed by atoms with van der Waals surface area (Å²) in [6.07, 6.45) is 3.12. The van der Waals surface area contributed by atoms with Crippen molar-refractivity contribution in [3.8, 4) is 5.75 Å². The van der Waals surface area contributed by atoms with Crippen molar-refractivity contribution >= 4 is 11.6 Å². The molecule has 6 nitrogen and oxygen atoms in total. The Kier molecular flexibility index (Phi) is 3.51. The molecule has 0 fully saturated rings. The maximum absolute atomic E-state index is 11.7. The maximum Gasteiger partial charge on any atom is 0.339 e. The molecule has 0 bridgehead atoms. The third-order valence-corrected chi connectivity index (χ3v) is 3.02. The van der Waals surface area contributed by atoms with Crippen molar-refractivity contribution < 1.29 is 14.3 Å². The van der Waals surface area contributed by atoms with Crippen LogP contribution in [0.1, 0.15) is 15.9 Å². The van der Waals surface area contributed by atoms with Crippen molar-refractivity contribution in [2.24, 2.45) is 0 Å². The van der Waals surface area contributed by atoms with Gasteiger partial charge in [0.05, 0.1) is 12.7 Å². The first-order valence-corrected chi connectivity index (χ1v) is 6.36. The predicted molar refractivity (Wildman–Crippen MR) is 75.1 cm³/mol. The van der Waals surface area contributed by atoms with Gasteiger partial charge in [-0.2, -0.15) is 0 Å². The van der Waals surface area contributed by atoms with Gasteiger partial charge in [0, 0.05) is 12.3 Å². The van der Waals surface area contributed by atoms with Crippen molar-refractivity contribution in [1.29, 1.82) is 0 Å². The fourth-order valence-corrected chi connectivity index (χ4v) is 1.98. The third-order valence-electron chi connectivity index (χ3n) is 3.02. The largest absolute Gasteiger partial charge is 0.485 e. The zero-order chi connectivity index (χ0) is 14.7. The topological polar surface area (TPSA) is 65.7 Å². The zero-order valence-corrected chi connectivity index (χ0v) is 11.4. The molecule has 0 unspecified atom stereocenters. The fraction of sp³-hybridized carbons (Fsp3) is 0.133. The predicted octanol–water partition coefficient (Wildman–Crippen LogP) is 2.09. The number of carbonyl (C=O) groups excluding carboxylic acids is 1. The standard InChI is InChI=1S/C15H13N3O3/c1-20-15(19)12-7-13(14-17-16-10-18(14)8-12)21-9-11-5-3-2-4-6-11/h2-8,10H,9H2,1H3. The van der Waals surface area contributed by atoms with Gasteiger partial charge in [-0.3, -0.25) is 4.40 Å². The second kappa shape index (κ2) is 5.62. The van der Waals surface area contributed by atoms with Crippen LogP contribution in [-0.4, -0.2) is 27.7 Å². The SMILES string of the molecule is COC(=O)c1cc(OCc2ccccc2)c2nncn2c1. The van der Waals surface area contributed by atoms with E-state index in [2.05, 4.69) is 10.2 Å². The van der Waals surface area contributed by atoms with E-state index in [1.54, 1.807) is 16.7 Å². The van der Waals surface area contributed by atoms with Crippen LogP contribution in [0.5, 0.6) is 5.75 Å². The summed E-state index contributed by atoms with van der Waals surface area (Å²) >= 11 is 0. The number of rotatable bonds is 4. The van der Waals surface area contributed by atoms with E-state index < -0.39 is 5.97 Å². The minimum absolute atomic E-state index is 0.382. The number of nitrogens with zero attached hydrogens (tertiary/aromatic N) is 3. The number of pyridine rings is 1. The molecule has 2 heterocycles. The number of carbonyl (C=O) groups is 1. The summed E-state index contributed by atoms with van der Waals surface area (Å²) in [5.74, 6) is 0.0504. The van der Waals surface area contributed by atoms with E-state index in [9.17, 15) is 4.79 Å². The molecule has 0 atom stereocenters. The smallest absolute Gasteiger partial charge is 0.339 e. The molecule has 3 aromatic rings. The molecule has 0 aliphatic carbocycles. The zero-order valence-electron chi connectivity index (χ0n) is 11.4. The number of methoxy groups -OCH3 is 1. The average molecular weight is 283 g/mol. The summed E-state index contributed by atoms with van der Waals surface area (Å²) in [5.41, 5.74) is 1.96. The first kappa shape index (κ1) is 13.1. The lowest BCUT2D eigenvalue weighted by Gasteiger charge is -2.09. The molecule has 0 saturated heterocycles. The quantitative estimate of drug-likeness (QED) is 0.686. The summed E-state index contributed by atoms with van der Waals surface area (Å²) in [7, 11) is 1.34. The second-order valence-corrected chi connectivity index (χ2v) is 4.42. The minimum atomic E-state index is -0.435. The molecule has 1 aromatic carbocycles. The molecular formula is C15H13N3O3. The van der Waals surface area contributed by atoms with E-state index in [4.69, 9.17) is 9.47 Å². The van der Waals surface area contributed by atoms with E-state index in [1.165, 1.54) is 13.4 Å². The van der Waals surface area contributed by atoms with E-state index in [1.807, 2.05) is 30.3 Å². The molecule has 0 spiro atoms. The molecular weight excluding hydrogens is 270 g/mol. The normalized spacial score (nSPS) is 10.5. The van der Waals surface area contributed by atoms with Crippen LogP contribution < -0.4 is 4.74 Å². The van der Waals surface area contributed by atoms with Crippen LogP contribution in [0.3, 0.4) is 0 Å². The molecule has 3 rings (SSSR count). The Hall–Kier alpha value is -2.89. The van der Waals surface area contributed by atoms with Crippen LogP contribution in [0.2, 0.25) is 0 Å². The summed E-state index contributed by atoms with van der Waals surface area (Å²) < 4.78 is 12.1. The lowest BCUT2D eigenvalue weighted by atomic mass is 10.2. The van der Waals surface area contributed by atoms with Gasteiger partial charge in [-0.05, 0) is 5.56 Å². The molecule has 106 valence electrons. The van der Waals surface area contributed by atoms with Crippen molar-refractivity contribution in [2.45, 2.75) is 6.61 Å². The van der Waals surface area contributed by atoms with E-state index >= 15 is 0 Å². The number of esters is 1. The number of fused-ring (bicyclic) bond motifs is 1. The molecule has 0 amide bonds. The lowest BCUT2D eigenvalue weighted by molar-refractivity contribution is 0.0599. The number of aromatic nitrogens is 3. The molecule has 0 saturated carbocycles. The Morgan fingerprint density at radius 2 is 2.10 bits per heavy atom. The molecule has 6 heteroatoms. The van der Waals surface area contributed by atoms with Gasteiger partial charge in [0.25, 0.3) is 0 Å². The molecule has 2 aromatic heterocycles.